The average molecular weight is 313 g/mol. The number of carbonyl (C=O) groups excluding carboxylic acids is 1. The predicted molar refractivity (Wildman–Crippen MR) is 74.5 cm³/mol. The molecule has 2 rings (SSSR count). The molecule has 1 amide bonds. The Balaban J connectivity index is 1.74. The number of hydrogen-bond acceptors (Lipinski definition) is 4. The van der Waals surface area contributed by atoms with Gasteiger partial charge in [-0.1, -0.05) is 15.9 Å². The van der Waals surface area contributed by atoms with E-state index in [1.54, 1.807) is 12.3 Å². The van der Waals surface area contributed by atoms with Crippen LogP contribution in [-0.4, -0.2) is 48.5 Å². The van der Waals surface area contributed by atoms with Crippen LogP contribution in [0.1, 0.15) is 6.42 Å². The molecule has 1 fully saturated rings. The molecule has 0 unspecified atom stereocenters. The topological polar surface area (TPSA) is 57.3 Å². The van der Waals surface area contributed by atoms with Crippen molar-refractivity contribution in [3.63, 3.8) is 0 Å². The van der Waals surface area contributed by atoms with E-state index in [1.165, 1.54) is 0 Å². The summed E-state index contributed by atoms with van der Waals surface area (Å²) in [7, 11) is 0. The molecule has 0 bridgehead atoms. The van der Waals surface area contributed by atoms with E-state index < -0.39 is 0 Å². The van der Waals surface area contributed by atoms with Crippen molar-refractivity contribution in [1.82, 2.24) is 15.2 Å². The van der Waals surface area contributed by atoms with E-state index in [0.29, 0.717) is 12.2 Å². The molecule has 0 aromatic carbocycles. The molecule has 1 saturated heterocycles. The fraction of sp³-hybridized carbons (Fsp3) is 0.500. The van der Waals surface area contributed by atoms with Crippen LogP contribution in [0.25, 0.3) is 0 Å². The van der Waals surface area contributed by atoms with Gasteiger partial charge in [-0.05, 0) is 12.1 Å². The van der Waals surface area contributed by atoms with Gasteiger partial charge in [0.2, 0.25) is 5.91 Å². The van der Waals surface area contributed by atoms with Crippen molar-refractivity contribution in [2.24, 2.45) is 0 Å². The highest BCUT2D eigenvalue weighted by Crippen LogP contribution is 2.12. The summed E-state index contributed by atoms with van der Waals surface area (Å²) in [5.41, 5.74) is 0. The maximum Gasteiger partial charge on any atom is 0.226 e. The minimum Gasteiger partial charge on any atom is -0.314 e. The standard InChI is InChI=1S/C12H17BrN4O/c13-10-1-3-15-11(9-10)16-12(18)2-6-17-7-4-14-5-8-17/h1,3,9,14H,2,4-8H2,(H,15,16,18). The maximum atomic E-state index is 11.8. The molecule has 0 saturated carbocycles. The molecular formula is C12H17BrN4O. The number of rotatable bonds is 4. The third kappa shape index (κ3) is 4.36. The van der Waals surface area contributed by atoms with Gasteiger partial charge >= 0.3 is 0 Å². The molecule has 2 N–H and O–H groups in total. The van der Waals surface area contributed by atoms with Gasteiger partial charge in [0.25, 0.3) is 0 Å². The Hall–Kier alpha value is -0.980. The molecule has 6 heteroatoms. The molecule has 2 heterocycles. The fourth-order valence-corrected chi connectivity index (χ4v) is 2.21. The summed E-state index contributed by atoms with van der Waals surface area (Å²) in [6.45, 7) is 4.86. The van der Waals surface area contributed by atoms with E-state index in [4.69, 9.17) is 0 Å². The first-order valence-corrected chi connectivity index (χ1v) is 6.88. The highest BCUT2D eigenvalue weighted by atomic mass is 79.9. The van der Waals surface area contributed by atoms with Gasteiger partial charge in [-0.25, -0.2) is 4.98 Å². The molecular weight excluding hydrogens is 296 g/mol. The van der Waals surface area contributed by atoms with Crippen LogP contribution in [0.15, 0.2) is 22.8 Å². The van der Waals surface area contributed by atoms with Crippen LogP contribution in [0.3, 0.4) is 0 Å². The molecule has 18 heavy (non-hydrogen) atoms. The van der Waals surface area contributed by atoms with Crippen molar-refractivity contribution in [2.75, 3.05) is 38.0 Å². The molecule has 1 aromatic heterocycles. The minimum absolute atomic E-state index is 0.0131. The lowest BCUT2D eigenvalue weighted by atomic mass is 10.3. The quantitative estimate of drug-likeness (QED) is 0.873. The lowest BCUT2D eigenvalue weighted by molar-refractivity contribution is -0.116. The zero-order valence-electron chi connectivity index (χ0n) is 10.2. The number of hydrogen-bond donors (Lipinski definition) is 2. The van der Waals surface area contributed by atoms with Crippen molar-refractivity contribution in [1.29, 1.82) is 0 Å². The largest absolute Gasteiger partial charge is 0.314 e. The predicted octanol–water partition coefficient (Wildman–Crippen LogP) is 1.08. The van der Waals surface area contributed by atoms with Crippen LogP contribution in [0.5, 0.6) is 0 Å². The van der Waals surface area contributed by atoms with Gasteiger partial charge < -0.3 is 15.5 Å². The highest BCUT2D eigenvalue weighted by molar-refractivity contribution is 9.10. The SMILES string of the molecule is O=C(CCN1CCNCC1)Nc1cc(Br)ccn1. The number of nitrogens with one attached hydrogen (secondary N) is 2. The zero-order chi connectivity index (χ0) is 12.8. The Bertz CT molecular complexity index is 407. The van der Waals surface area contributed by atoms with Gasteiger partial charge in [0.05, 0.1) is 0 Å². The van der Waals surface area contributed by atoms with Crippen LogP contribution >= 0.6 is 15.9 Å². The number of anilines is 1. The first kappa shape index (κ1) is 13.5. The Morgan fingerprint density at radius 2 is 2.28 bits per heavy atom. The molecule has 0 aliphatic carbocycles. The number of aromatic nitrogens is 1. The third-order valence-corrected chi connectivity index (χ3v) is 3.35. The van der Waals surface area contributed by atoms with E-state index >= 15 is 0 Å². The molecule has 1 aliphatic rings. The Morgan fingerprint density at radius 3 is 3.00 bits per heavy atom. The normalized spacial score (nSPS) is 16.5. The maximum absolute atomic E-state index is 11.8. The van der Waals surface area contributed by atoms with Crippen molar-refractivity contribution < 1.29 is 4.79 Å². The van der Waals surface area contributed by atoms with Crippen LogP contribution < -0.4 is 10.6 Å². The van der Waals surface area contributed by atoms with Crippen LogP contribution in [-0.2, 0) is 4.79 Å². The minimum atomic E-state index is 0.0131. The second-order valence-corrected chi connectivity index (χ2v) is 5.16. The summed E-state index contributed by atoms with van der Waals surface area (Å²) in [5.74, 6) is 0.605. The van der Waals surface area contributed by atoms with E-state index in [9.17, 15) is 4.79 Å². The van der Waals surface area contributed by atoms with E-state index in [0.717, 1.165) is 37.2 Å². The summed E-state index contributed by atoms with van der Waals surface area (Å²) in [5, 5.41) is 6.09. The van der Waals surface area contributed by atoms with Crippen molar-refractivity contribution in [2.45, 2.75) is 6.42 Å². The summed E-state index contributed by atoms with van der Waals surface area (Å²) in [6, 6.07) is 3.62. The molecule has 0 spiro atoms. The molecule has 0 radical (unpaired) electrons. The van der Waals surface area contributed by atoms with Gasteiger partial charge in [0.15, 0.2) is 0 Å². The number of carbonyl (C=O) groups is 1. The van der Waals surface area contributed by atoms with Crippen molar-refractivity contribution in [3.05, 3.63) is 22.8 Å². The average Bonchev–Trinajstić information content (AvgIpc) is 2.38. The first-order chi connectivity index (χ1) is 8.74. The molecule has 1 aliphatic heterocycles. The van der Waals surface area contributed by atoms with Crippen LogP contribution in [0, 0.1) is 0 Å². The molecule has 1 aromatic rings. The fourth-order valence-electron chi connectivity index (χ4n) is 1.87. The Kier molecular flexibility index (Phi) is 5.10. The summed E-state index contributed by atoms with van der Waals surface area (Å²) in [6.07, 6.45) is 2.17. The first-order valence-electron chi connectivity index (χ1n) is 6.08. The summed E-state index contributed by atoms with van der Waals surface area (Å²) >= 11 is 3.35. The Morgan fingerprint density at radius 1 is 1.50 bits per heavy atom. The monoisotopic (exact) mass is 312 g/mol. The van der Waals surface area contributed by atoms with E-state index in [-0.39, 0.29) is 5.91 Å². The van der Waals surface area contributed by atoms with Crippen molar-refractivity contribution in [3.8, 4) is 0 Å². The third-order valence-electron chi connectivity index (χ3n) is 2.85. The number of pyridine rings is 1. The second-order valence-electron chi connectivity index (χ2n) is 4.25. The zero-order valence-corrected chi connectivity index (χ0v) is 11.7. The smallest absolute Gasteiger partial charge is 0.226 e. The van der Waals surface area contributed by atoms with Gasteiger partial charge in [-0.2, -0.15) is 0 Å². The van der Waals surface area contributed by atoms with Crippen LogP contribution in [0.4, 0.5) is 5.82 Å². The number of piperazine rings is 1. The number of nitrogens with zero attached hydrogens (tertiary/aromatic N) is 2. The van der Waals surface area contributed by atoms with Gasteiger partial charge in [0, 0.05) is 49.8 Å². The number of amides is 1. The lowest BCUT2D eigenvalue weighted by Crippen LogP contribution is -2.44. The lowest BCUT2D eigenvalue weighted by Gasteiger charge is -2.26. The molecule has 98 valence electrons. The summed E-state index contributed by atoms with van der Waals surface area (Å²) < 4.78 is 0.912. The van der Waals surface area contributed by atoms with Crippen molar-refractivity contribution >= 4 is 27.7 Å². The molecule has 0 atom stereocenters. The highest BCUT2D eigenvalue weighted by Gasteiger charge is 2.11. The molecule has 5 nitrogen and oxygen atoms in total. The number of halogens is 1. The van der Waals surface area contributed by atoms with E-state index in [2.05, 4.69) is 36.4 Å². The van der Waals surface area contributed by atoms with Crippen LogP contribution in [0.2, 0.25) is 0 Å². The van der Waals surface area contributed by atoms with E-state index in [1.807, 2.05) is 6.07 Å². The summed E-state index contributed by atoms with van der Waals surface area (Å²) in [4.78, 5) is 18.1. The van der Waals surface area contributed by atoms with Gasteiger partial charge in [0.1, 0.15) is 5.82 Å². The second kappa shape index (κ2) is 6.82. The van der Waals surface area contributed by atoms with Gasteiger partial charge in [-0.15, -0.1) is 0 Å². The Labute approximate surface area is 115 Å². The van der Waals surface area contributed by atoms with Gasteiger partial charge in [-0.3, -0.25) is 4.79 Å².